The minimum Gasteiger partial charge on any atom is -0.394 e. The summed E-state index contributed by atoms with van der Waals surface area (Å²) in [4.78, 5) is 1.14. The lowest BCUT2D eigenvalue weighted by atomic mass is 10.2. The Morgan fingerprint density at radius 3 is 2.42 bits per heavy atom. The summed E-state index contributed by atoms with van der Waals surface area (Å²) in [6.45, 7) is 2.02. The molecule has 1 fully saturated rings. The molecule has 4 atom stereocenters. The number of methoxy groups -OCH3 is 2. The Hall–Kier alpha value is -0.590. The monoisotopic (exact) mass is 284 g/mol. The van der Waals surface area contributed by atoms with Crippen LogP contribution in [0.4, 0.5) is 0 Å². The Morgan fingerprint density at radius 1 is 1.21 bits per heavy atom. The van der Waals surface area contributed by atoms with Crippen LogP contribution in [0.1, 0.15) is 5.56 Å². The van der Waals surface area contributed by atoms with Gasteiger partial charge in [-0.15, -0.1) is 11.8 Å². The maximum atomic E-state index is 9.44. The van der Waals surface area contributed by atoms with Gasteiger partial charge in [0, 0.05) is 19.1 Å². The van der Waals surface area contributed by atoms with E-state index in [0.29, 0.717) is 0 Å². The second-order valence-corrected chi connectivity index (χ2v) is 5.81. The zero-order valence-corrected chi connectivity index (χ0v) is 12.2. The number of ether oxygens (including phenoxy) is 3. The average molecular weight is 284 g/mol. The Kier molecular flexibility index (Phi) is 5.24. The second kappa shape index (κ2) is 6.72. The first kappa shape index (κ1) is 14.8. The summed E-state index contributed by atoms with van der Waals surface area (Å²) in [5.74, 6) is 0. The van der Waals surface area contributed by atoms with E-state index >= 15 is 0 Å². The molecule has 106 valence electrons. The lowest BCUT2D eigenvalue weighted by Gasteiger charge is -2.21. The third-order valence-corrected chi connectivity index (χ3v) is 4.63. The quantitative estimate of drug-likeness (QED) is 0.894. The van der Waals surface area contributed by atoms with Crippen molar-refractivity contribution in [3.8, 4) is 0 Å². The summed E-state index contributed by atoms with van der Waals surface area (Å²) in [5, 5.41) is 9.45. The minimum atomic E-state index is -0.426. The molecule has 0 aromatic heterocycles. The van der Waals surface area contributed by atoms with Gasteiger partial charge in [-0.05, 0) is 19.1 Å². The Balaban J connectivity index is 2.13. The molecule has 4 nitrogen and oxygen atoms in total. The molecule has 0 radical (unpaired) electrons. The molecule has 1 saturated heterocycles. The van der Waals surface area contributed by atoms with E-state index in [0.717, 1.165) is 4.90 Å². The maximum absolute atomic E-state index is 9.44. The lowest BCUT2D eigenvalue weighted by Crippen LogP contribution is -2.33. The van der Waals surface area contributed by atoms with Gasteiger partial charge >= 0.3 is 0 Å². The molecule has 0 aliphatic carbocycles. The van der Waals surface area contributed by atoms with Gasteiger partial charge in [-0.3, -0.25) is 0 Å². The largest absolute Gasteiger partial charge is 0.394 e. The van der Waals surface area contributed by atoms with E-state index in [2.05, 4.69) is 31.2 Å². The van der Waals surface area contributed by atoms with E-state index in [-0.39, 0.29) is 24.1 Å². The summed E-state index contributed by atoms with van der Waals surface area (Å²) in [6.07, 6.45) is -0.889. The lowest BCUT2D eigenvalue weighted by molar-refractivity contribution is -0.159. The van der Waals surface area contributed by atoms with Gasteiger partial charge in [0.05, 0.1) is 18.0 Å². The van der Waals surface area contributed by atoms with E-state index in [4.69, 9.17) is 14.2 Å². The van der Waals surface area contributed by atoms with Crippen LogP contribution in [0, 0.1) is 6.92 Å². The number of thioether (sulfide) groups is 1. The molecule has 19 heavy (non-hydrogen) atoms. The molecule has 1 aliphatic rings. The van der Waals surface area contributed by atoms with Gasteiger partial charge in [-0.25, -0.2) is 0 Å². The van der Waals surface area contributed by atoms with E-state index in [1.807, 2.05) is 0 Å². The number of aliphatic hydroxyl groups excluding tert-OH is 1. The van der Waals surface area contributed by atoms with Crippen LogP contribution in [0.2, 0.25) is 0 Å². The molecule has 1 aromatic carbocycles. The van der Waals surface area contributed by atoms with Gasteiger partial charge in [0.15, 0.2) is 6.29 Å². The summed E-state index contributed by atoms with van der Waals surface area (Å²) < 4.78 is 16.4. The number of hydrogen-bond acceptors (Lipinski definition) is 5. The molecule has 0 amide bonds. The van der Waals surface area contributed by atoms with E-state index in [9.17, 15) is 5.11 Å². The smallest absolute Gasteiger partial charge is 0.185 e. The van der Waals surface area contributed by atoms with Crippen molar-refractivity contribution >= 4 is 11.8 Å². The molecule has 2 rings (SSSR count). The summed E-state index contributed by atoms with van der Waals surface area (Å²) in [6, 6.07) is 8.28. The Labute approximate surface area is 118 Å². The fourth-order valence-electron chi connectivity index (χ4n) is 2.19. The van der Waals surface area contributed by atoms with E-state index in [1.165, 1.54) is 5.56 Å². The first-order valence-corrected chi connectivity index (χ1v) is 7.12. The van der Waals surface area contributed by atoms with E-state index < -0.39 is 6.29 Å². The van der Waals surface area contributed by atoms with Gasteiger partial charge in [0.1, 0.15) is 6.10 Å². The van der Waals surface area contributed by atoms with E-state index in [1.54, 1.807) is 26.0 Å². The number of hydrogen-bond donors (Lipinski definition) is 1. The van der Waals surface area contributed by atoms with Crippen molar-refractivity contribution in [2.24, 2.45) is 0 Å². The predicted octanol–water partition coefficient (Wildman–Crippen LogP) is 1.83. The predicted molar refractivity (Wildman–Crippen MR) is 74.4 cm³/mol. The summed E-state index contributed by atoms with van der Waals surface area (Å²) >= 11 is 1.65. The van der Waals surface area contributed by atoms with Crippen LogP contribution in [-0.2, 0) is 14.2 Å². The Bertz CT molecular complexity index is 395. The maximum Gasteiger partial charge on any atom is 0.185 e. The van der Waals surface area contributed by atoms with Crippen molar-refractivity contribution in [1.29, 1.82) is 0 Å². The molecule has 1 heterocycles. The van der Waals surface area contributed by atoms with Crippen LogP contribution in [-0.4, -0.2) is 49.7 Å². The van der Waals surface area contributed by atoms with Crippen LogP contribution in [0.5, 0.6) is 0 Å². The van der Waals surface area contributed by atoms with Crippen molar-refractivity contribution < 1.29 is 19.3 Å². The fraction of sp³-hybridized carbons (Fsp3) is 0.571. The van der Waals surface area contributed by atoms with Crippen LogP contribution >= 0.6 is 11.8 Å². The first-order valence-electron chi connectivity index (χ1n) is 6.24. The van der Waals surface area contributed by atoms with Gasteiger partial charge in [0.2, 0.25) is 0 Å². The Morgan fingerprint density at radius 2 is 1.89 bits per heavy atom. The summed E-state index contributed by atoms with van der Waals surface area (Å²) in [7, 11) is 3.23. The topological polar surface area (TPSA) is 47.9 Å². The normalized spacial score (nSPS) is 30.7. The molecule has 0 saturated carbocycles. The highest BCUT2D eigenvalue weighted by molar-refractivity contribution is 8.00. The zero-order valence-electron chi connectivity index (χ0n) is 11.4. The molecule has 0 unspecified atom stereocenters. The van der Waals surface area contributed by atoms with Gasteiger partial charge in [0.25, 0.3) is 0 Å². The molecule has 1 aromatic rings. The van der Waals surface area contributed by atoms with Crippen molar-refractivity contribution in [3.63, 3.8) is 0 Å². The van der Waals surface area contributed by atoms with Crippen molar-refractivity contribution in [3.05, 3.63) is 29.8 Å². The number of aliphatic hydroxyl groups is 1. The number of rotatable bonds is 5. The average Bonchev–Trinajstić information content (AvgIpc) is 2.78. The molecule has 0 spiro atoms. The van der Waals surface area contributed by atoms with Crippen molar-refractivity contribution in [2.75, 3.05) is 20.8 Å². The van der Waals surface area contributed by atoms with Crippen molar-refractivity contribution in [1.82, 2.24) is 0 Å². The third-order valence-electron chi connectivity index (χ3n) is 3.24. The summed E-state index contributed by atoms with van der Waals surface area (Å²) in [5.41, 5.74) is 1.23. The van der Waals surface area contributed by atoms with Gasteiger partial charge in [-0.2, -0.15) is 0 Å². The SMILES string of the molecule is CO[C@@H]1O[C@H](CO)[C@H](Sc2ccc(C)cc2)[C@H]1OC. The fourth-order valence-corrected chi connectivity index (χ4v) is 3.48. The number of aryl methyl sites for hydroxylation is 1. The highest BCUT2D eigenvalue weighted by Crippen LogP contribution is 2.37. The van der Waals surface area contributed by atoms with Gasteiger partial charge < -0.3 is 19.3 Å². The van der Waals surface area contributed by atoms with Crippen LogP contribution in [0.15, 0.2) is 29.2 Å². The highest BCUT2D eigenvalue weighted by atomic mass is 32.2. The molecule has 5 heteroatoms. The first-order chi connectivity index (χ1) is 9.19. The zero-order chi connectivity index (χ0) is 13.8. The second-order valence-electron chi connectivity index (χ2n) is 4.56. The molecule has 0 bridgehead atoms. The third kappa shape index (κ3) is 3.30. The molecule has 1 aliphatic heterocycles. The van der Waals surface area contributed by atoms with Gasteiger partial charge in [-0.1, -0.05) is 17.7 Å². The standard InChI is InChI=1S/C14H20O4S/c1-9-4-6-10(7-5-9)19-13-11(8-15)18-14(17-3)12(13)16-2/h4-7,11-15H,8H2,1-3H3/t11-,12-,13+,14-/m1/s1. The van der Waals surface area contributed by atoms with Crippen LogP contribution in [0.3, 0.4) is 0 Å². The van der Waals surface area contributed by atoms with Crippen LogP contribution < -0.4 is 0 Å². The molecular weight excluding hydrogens is 264 g/mol. The molecular formula is C14H20O4S. The van der Waals surface area contributed by atoms with Crippen LogP contribution in [0.25, 0.3) is 0 Å². The van der Waals surface area contributed by atoms with Crippen molar-refractivity contribution in [2.45, 2.75) is 35.6 Å². The number of benzene rings is 1. The minimum absolute atomic E-state index is 0.0163. The molecule has 1 N–H and O–H groups in total. The highest BCUT2D eigenvalue weighted by Gasteiger charge is 2.45.